The highest BCUT2D eigenvalue weighted by molar-refractivity contribution is 7.91. The van der Waals surface area contributed by atoms with E-state index < -0.39 is 21.7 Å². The van der Waals surface area contributed by atoms with Gasteiger partial charge in [0.15, 0.2) is 0 Å². The summed E-state index contributed by atoms with van der Waals surface area (Å²) in [5, 5.41) is 25.7. The summed E-state index contributed by atoms with van der Waals surface area (Å²) in [7, 11) is -4.17. The highest BCUT2D eigenvalue weighted by Gasteiger charge is 2.22. The minimum Gasteiger partial charge on any atom is -0.506 e. The molecule has 0 aliphatic heterocycles. The zero-order valence-electron chi connectivity index (χ0n) is 21.9. The molecule has 0 aromatic heterocycles. The van der Waals surface area contributed by atoms with Crippen molar-refractivity contribution in [2.24, 2.45) is 0 Å². The van der Waals surface area contributed by atoms with Crippen LogP contribution < -0.4 is 10.6 Å². The molecular weight excluding hydrogens is 516 g/mol. The molecule has 0 atom stereocenters. The third-order valence-electron chi connectivity index (χ3n) is 6.59. The number of amides is 2. The molecule has 0 aliphatic carbocycles. The Morgan fingerprint density at radius 1 is 0.564 bits per heavy atom. The van der Waals surface area contributed by atoms with Crippen LogP contribution in [0.2, 0.25) is 0 Å². The fourth-order valence-electron chi connectivity index (χ4n) is 3.86. The Hall–Kier alpha value is -4.63. The van der Waals surface area contributed by atoms with Crippen LogP contribution in [0.3, 0.4) is 0 Å². The van der Waals surface area contributed by atoms with E-state index >= 15 is 0 Å². The molecule has 2 amide bonds. The van der Waals surface area contributed by atoms with Crippen molar-refractivity contribution >= 4 is 33.0 Å². The van der Waals surface area contributed by atoms with Gasteiger partial charge in [-0.25, -0.2) is 8.42 Å². The summed E-state index contributed by atoms with van der Waals surface area (Å²) >= 11 is 0. The molecule has 0 saturated heterocycles. The third-order valence-corrected chi connectivity index (χ3v) is 8.34. The summed E-state index contributed by atoms with van der Waals surface area (Å²) in [6.07, 6.45) is 0. The molecule has 0 radical (unpaired) electrons. The van der Waals surface area contributed by atoms with E-state index in [1.165, 1.54) is 24.3 Å². The van der Waals surface area contributed by atoms with Gasteiger partial charge >= 0.3 is 0 Å². The molecule has 8 nitrogen and oxygen atoms in total. The van der Waals surface area contributed by atoms with Gasteiger partial charge in [0.05, 0.1) is 21.2 Å². The van der Waals surface area contributed by atoms with Crippen LogP contribution >= 0.6 is 0 Å². The lowest BCUT2D eigenvalue weighted by Gasteiger charge is -2.13. The second-order valence-corrected chi connectivity index (χ2v) is 11.3. The molecule has 4 aromatic carbocycles. The highest BCUT2D eigenvalue weighted by atomic mass is 32.2. The maximum atomic E-state index is 13.4. The molecule has 4 N–H and O–H groups in total. The molecule has 200 valence electrons. The van der Waals surface area contributed by atoms with Crippen molar-refractivity contribution in [1.82, 2.24) is 0 Å². The fourth-order valence-corrected chi connectivity index (χ4v) is 5.17. The van der Waals surface area contributed by atoms with Crippen LogP contribution in [0.4, 0.5) is 11.4 Å². The van der Waals surface area contributed by atoms with E-state index in [9.17, 15) is 28.2 Å². The smallest absolute Gasteiger partial charge is 0.255 e. The molecule has 4 rings (SSSR count). The van der Waals surface area contributed by atoms with Crippen LogP contribution in [-0.4, -0.2) is 30.4 Å². The van der Waals surface area contributed by atoms with Crippen molar-refractivity contribution in [2.45, 2.75) is 37.5 Å². The molecule has 0 bridgehead atoms. The highest BCUT2D eigenvalue weighted by Crippen LogP contribution is 2.33. The van der Waals surface area contributed by atoms with Gasteiger partial charge < -0.3 is 20.8 Å². The minimum absolute atomic E-state index is 0.0821. The summed E-state index contributed by atoms with van der Waals surface area (Å²) < 4.78 is 26.9. The summed E-state index contributed by atoms with van der Waals surface area (Å²) in [6, 6.07) is 17.3. The van der Waals surface area contributed by atoms with E-state index in [0.29, 0.717) is 11.1 Å². The third kappa shape index (κ3) is 5.78. The van der Waals surface area contributed by atoms with Gasteiger partial charge in [-0.3, -0.25) is 9.59 Å². The number of sulfone groups is 1. The molecule has 39 heavy (non-hydrogen) atoms. The number of carbonyl (C=O) groups excluding carboxylic acids is 2. The summed E-state index contributed by atoms with van der Waals surface area (Å²) in [6.45, 7) is 7.57. The predicted octanol–water partition coefficient (Wildman–Crippen LogP) is 5.67. The number of anilines is 2. The molecule has 4 aromatic rings. The van der Waals surface area contributed by atoms with E-state index in [2.05, 4.69) is 10.6 Å². The van der Waals surface area contributed by atoms with Crippen LogP contribution in [0, 0.1) is 27.7 Å². The second kappa shape index (κ2) is 10.6. The average molecular weight is 545 g/mol. The second-order valence-electron chi connectivity index (χ2n) is 9.37. The quantitative estimate of drug-likeness (QED) is 0.231. The standard InChI is InChI=1S/C30H28N2O6S/c1-17-5-7-21(13-19(17)3)29(35)31-25-15-23(9-11-27(25)33)39(37,38)24-10-12-28(34)26(16-24)32-30(36)22-8-6-18(2)20(4)14-22/h5-16,33-34H,1-4H3,(H,31,35)(H,32,36). The largest absolute Gasteiger partial charge is 0.506 e. The first-order chi connectivity index (χ1) is 18.4. The van der Waals surface area contributed by atoms with Crippen LogP contribution in [-0.2, 0) is 9.84 Å². The maximum absolute atomic E-state index is 13.4. The van der Waals surface area contributed by atoms with E-state index in [4.69, 9.17) is 0 Å². The molecule has 0 aliphatic rings. The van der Waals surface area contributed by atoms with Crippen LogP contribution in [0.1, 0.15) is 43.0 Å². The monoisotopic (exact) mass is 544 g/mol. The number of aryl methyl sites for hydroxylation is 4. The Bertz CT molecular complexity index is 1610. The van der Waals surface area contributed by atoms with Gasteiger partial charge in [0, 0.05) is 11.1 Å². The number of benzene rings is 4. The van der Waals surface area contributed by atoms with Crippen molar-refractivity contribution in [3.8, 4) is 11.5 Å². The number of hydrogen-bond acceptors (Lipinski definition) is 6. The molecule has 0 heterocycles. The number of hydrogen-bond donors (Lipinski definition) is 4. The van der Waals surface area contributed by atoms with Gasteiger partial charge in [-0.05, 0) is 111 Å². The van der Waals surface area contributed by atoms with E-state index in [1.807, 2.05) is 27.7 Å². The summed E-state index contributed by atoms with van der Waals surface area (Å²) in [5.41, 5.74) is 4.40. The van der Waals surface area contributed by atoms with Crippen LogP contribution in [0.25, 0.3) is 0 Å². The molecule has 0 spiro atoms. The fraction of sp³-hybridized carbons (Fsp3) is 0.133. The van der Waals surface area contributed by atoms with Gasteiger partial charge in [-0.1, -0.05) is 12.1 Å². The van der Waals surface area contributed by atoms with E-state index in [0.717, 1.165) is 34.4 Å². The summed E-state index contributed by atoms with van der Waals surface area (Å²) in [4.78, 5) is 25.1. The molecule has 0 unspecified atom stereocenters. The van der Waals surface area contributed by atoms with Crippen LogP contribution in [0.15, 0.2) is 82.6 Å². The SMILES string of the molecule is Cc1ccc(C(=O)Nc2cc(S(=O)(=O)c3ccc(O)c(NC(=O)c4ccc(C)c(C)c4)c3)ccc2O)cc1C. The van der Waals surface area contributed by atoms with Crippen molar-refractivity contribution in [1.29, 1.82) is 0 Å². The topological polar surface area (TPSA) is 133 Å². The van der Waals surface area contributed by atoms with Crippen LogP contribution in [0.5, 0.6) is 11.5 Å². The lowest BCUT2D eigenvalue weighted by molar-refractivity contribution is 0.101. The van der Waals surface area contributed by atoms with Gasteiger partial charge in [0.2, 0.25) is 9.84 Å². The van der Waals surface area contributed by atoms with Crippen molar-refractivity contribution in [3.05, 3.63) is 106 Å². The first kappa shape index (κ1) is 27.4. The number of phenols is 2. The van der Waals surface area contributed by atoms with Gasteiger partial charge in [-0.15, -0.1) is 0 Å². The van der Waals surface area contributed by atoms with Crippen molar-refractivity contribution in [3.63, 3.8) is 0 Å². The number of rotatable bonds is 6. The van der Waals surface area contributed by atoms with E-state index in [-0.39, 0.29) is 32.7 Å². The van der Waals surface area contributed by atoms with Gasteiger partial charge in [-0.2, -0.15) is 0 Å². The summed E-state index contributed by atoms with van der Waals surface area (Å²) in [5.74, 6) is -1.63. The minimum atomic E-state index is -4.17. The van der Waals surface area contributed by atoms with Gasteiger partial charge in [0.1, 0.15) is 11.5 Å². The van der Waals surface area contributed by atoms with Crippen molar-refractivity contribution in [2.75, 3.05) is 10.6 Å². The average Bonchev–Trinajstić information content (AvgIpc) is 2.89. The number of phenolic OH excluding ortho intramolecular Hbond substituents is 2. The molecule has 9 heteroatoms. The Labute approximate surface area is 226 Å². The number of aromatic hydroxyl groups is 2. The number of carbonyl (C=O) groups is 2. The predicted molar refractivity (Wildman–Crippen MR) is 149 cm³/mol. The zero-order chi connectivity index (χ0) is 28.5. The molecule has 0 fully saturated rings. The first-order valence-corrected chi connectivity index (χ1v) is 13.5. The molecular formula is C30H28N2O6S. The Morgan fingerprint density at radius 3 is 1.31 bits per heavy atom. The Kier molecular flexibility index (Phi) is 7.47. The lowest BCUT2D eigenvalue weighted by atomic mass is 10.1. The normalized spacial score (nSPS) is 11.2. The first-order valence-electron chi connectivity index (χ1n) is 12.0. The zero-order valence-corrected chi connectivity index (χ0v) is 22.7. The lowest BCUT2D eigenvalue weighted by Crippen LogP contribution is -2.14. The van der Waals surface area contributed by atoms with Gasteiger partial charge in [0.25, 0.3) is 11.8 Å². The Balaban J connectivity index is 1.62. The maximum Gasteiger partial charge on any atom is 0.255 e. The van der Waals surface area contributed by atoms with Crippen molar-refractivity contribution < 1.29 is 28.2 Å². The Morgan fingerprint density at radius 2 is 0.949 bits per heavy atom. The number of nitrogens with one attached hydrogen (secondary N) is 2. The van der Waals surface area contributed by atoms with E-state index in [1.54, 1.807) is 36.4 Å². The molecule has 0 saturated carbocycles.